The molecule has 1 N–H and O–H groups in total. The predicted octanol–water partition coefficient (Wildman–Crippen LogP) is 6.05. The van der Waals surface area contributed by atoms with E-state index in [1.54, 1.807) is 31.5 Å². The number of methoxy groups -OCH3 is 1. The quantitative estimate of drug-likeness (QED) is 0.378. The molecule has 0 aliphatic rings. The van der Waals surface area contributed by atoms with Crippen LogP contribution >= 0.6 is 0 Å². The molecule has 0 fully saturated rings. The van der Waals surface area contributed by atoms with Crippen LogP contribution in [0.15, 0.2) is 71.8 Å². The molecule has 0 atom stereocenters. The Hall–Kier alpha value is -3.48. The Bertz CT molecular complexity index is 998. The highest BCUT2D eigenvalue weighted by Gasteiger charge is 2.29. The SMILES string of the molecule is COc1ccc(C=NNc2ccc(C(F)(F)F)cc2)cc1OCc1ccc(C)cc1. The van der Waals surface area contributed by atoms with Gasteiger partial charge < -0.3 is 9.47 Å². The van der Waals surface area contributed by atoms with Gasteiger partial charge in [-0.15, -0.1) is 0 Å². The molecule has 7 heteroatoms. The summed E-state index contributed by atoms with van der Waals surface area (Å²) in [5, 5.41) is 4.08. The molecule has 3 aromatic rings. The van der Waals surface area contributed by atoms with E-state index in [0.717, 1.165) is 23.3 Å². The smallest absolute Gasteiger partial charge is 0.416 e. The van der Waals surface area contributed by atoms with Crippen molar-refractivity contribution in [1.82, 2.24) is 0 Å². The second-order valence-corrected chi connectivity index (χ2v) is 6.63. The van der Waals surface area contributed by atoms with Crippen LogP contribution in [0.5, 0.6) is 11.5 Å². The molecule has 0 aromatic heterocycles. The molecule has 3 aromatic carbocycles. The van der Waals surface area contributed by atoms with Gasteiger partial charge in [0.1, 0.15) is 6.61 Å². The molecule has 4 nitrogen and oxygen atoms in total. The Morgan fingerprint density at radius 3 is 2.27 bits per heavy atom. The molecule has 0 spiro atoms. The lowest BCUT2D eigenvalue weighted by Crippen LogP contribution is -2.04. The average Bonchev–Trinajstić information content (AvgIpc) is 2.73. The molecular weight excluding hydrogens is 393 g/mol. The van der Waals surface area contributed by atoms with Gasteiger partial charge in [0.25, 0.3) is 0 Å². The monoisotopic (exact) mass is 414 g/mol. The molecule has 0 radical (unpaired) electrons. The zero-order valence-electron chi connectivity index (χ0n) is 16.5. The summed E-state index contributed by atoms with van der Waals surface area (Å²) in [7, 11) is 1.56. The number of anilines is 1. The minimum atomic E-state index is -4.36. The van der Waals surface area contributed by atoms with Crippen molar-refractivity contribution in [3.8, 4) is 11.5 Å². The third kappa shape index (κ3) is 5.76. The van der Waals surface area contributed by atoms with Crippen molar-refractivity contribution in [2.24, 2.45) is 5.10 Å². The van der Waals surface area contributed by atoms with Crippen LogP contribution in [0.1, 0.15) is 22.3 Å². The fourth-order valence-corrected chi connectivity index (χ4v) is 2.65. The number of nitrogens with zero attached hydrogens (tertiary/aromatic N) is 1. The normalized spacial score (nSPS) is 11.5. The summed E-state index contributed by atoms with van der Waals surface area (Å²) in [6.45, 7) is 2.41. The number of ether oxygens (including phenoxy) is 2. The number of nitrogens with one attached hydrogen (secondary N) is 1. The van der Waals surface area contributed by atoms with Gasteiger partial charge in [-0.3, -0.25) is 5.43 Å². The Morgan fingerprint density at radius 1 is 0.933 bits per heavy atom. The lowest BCUT2D eigenvalue weighted by atomic mass is 10.1. The van der Waals surface area contributed by atoms with E-state index in [-0.39, 0.29) is 0 Å². The maximum Gasteiger partial charge on any atom is 0.416 e. The summed E-state index contributed by atoms with van der Waals surface area (Å²) >= 11 is 0. The Labute approximate surface area is 173 Å². The second kappa shape index (κ2) is 9.35. The first-order valence-corrected chi connectivity index (χ1v) is 9.18. The number of hydrazone groups is 1. The van der Waals surface area contributed by atoms with E-state index in [4.69, 9.17) is 9.47 Å². The van der Waals surface area contributed by atoms with Gasteiger partial charge in [-0.25, -0.2) is 0 Å². The van der Waals surface area contributed by atoms with Gasteiger partial charge in [-0.2, -0.15) is 18.3 Å². The van der Waals surface area contributed by atoms with Crippen LogP contribution in [0.3, 0.4) is 0 Å². The summed E-state index contributed by atoms with van der Waals surface area (Å²) in [5.74, 6) is 1.16. The van der Waals surface area contributed by atoms with Crippen LogP contribution in [0.2, 0.25) is 0 Å². The topological polar surface area (TPSA) is 42.8 Å². The van der Waals surface area contributed by atoms with Crippen molar-refractivity contribution in [2.45, 2.75) is 19.7 Å². The van der Waals surface area contributed by atoms with Crippen LogP contribution in [-0.4, -0.2) is 13.3 Å². The lowest BCUT2D eigenvalue weighted by Gasteiger charge is -2.11. The second-order valence-electron chi connectivity index (χ2n) is 6.63. The molecule has 0 heterocycles. The highest BCUT2D eigenvalue weighted by atomic mass is 19.4. The fraction of sp³-hybridized carbons (Fsp3) is 0.174. The maximum absolute atomic E-state index is 12.6. The zero-order chi connectivity index (χ0) is 21.6. The molecule has 3 rings (SSSR count). The highest BCUT2D eigenvalue weighted by Crippen LogP contribution is 2.30. The number of rotatable bonds is 7. The van der Waals surface area contributed by atoms with Crippen LogP contribution in [0.25, 0.3) is 0 Å². The molecular formula is C23H21F3N2O2. The van der Waals surface area contributed by atoms with E-state index in [1.807, 2.05) is 31.2 Å². The Balaban J connectivity index is 1.65. The molecule has 0 saturated heterocycles. The largest absolute Gasteiger partial charge is 0.493 e. The maximum atomic E-state index is 12.6. The van der Waals surface area contributed by atoms with Gasteiger partial charge >= 0.3 is 6.18 Å². The molecule has 0 amide bonds. The number of hydrogen-bond donors (Lipinski definition) is 1. The van der Waals surface area contributed by atoms with Crippen LogP contribution < -0.4 is 14.9 Å². The average molecular weight is 414 g/mol. The standard InChI is InChI=1S/C23H21F3N2O2/c1-16-3-5-17(6-4-16)15-30-22-13-18(7-12-21(22)29-2)14-27-28-20-10-8-19(9-11-20)23(24,25)26/h3-14,28H,15H2,1-2H3. The number of aryl methyl sites for hydroxylation is 1. The number of benzene rings is 3. The van der Waals surface area contributed by atoms with Gasteiger partial charge in [-0.1, -0.05) is 29.8 Å². The minimum absolute atomic E-state index is 0.390. The first-order chi connectivity index (χ1) is 14.3. The minimum Gasteiger partial charge on any atom is -0.493 e. The van der Waals surface area contributed by atoms with Crippen LogP contribution in [0, 0.1) is 6.92 Å². The van der Waals surface area contributed by atoms with Gasteiger partial charge in [0.05, 0.1) is 24.6 Å². The summed E-state index contributed by atoms with van der Waals surface area (Å²) in [6, 6.07) is 18.0. The van der Waals surface area contributed by atoms with Gasteiger partial charge in [0.2, 0.25) is 0 Å². The molecule has 0 aliphatic carbocycles. The van der Waals surface area contributed by atoms with Crippen molar-refractivity contribution in [1.29, 1.82) is 0 Å². The molecule has 0 saturated carbocycles. The van der Waals surface area contributed by atoms with E-state index >= 15 is 0 Å². The third-order valence-corrected chi connectivity index (χ3v) is 4.32. The van der Waals surface area contributed by atoms with Crippen molar-refractivity contribution < 1.29 is 22.6 Å². The summed E-state index contributed by atoms with van der Waals surface area (Å²) in [5.41, 5.74) is 5.41. The van der Waals surface area contributed by atoms with E-state index in [0.29, 0.717) is 23.8 Å². The van der Waals surface area contributed by atoms with E-state index in [2.05, 4.69) is 10.5 Å². The third-order valence-electron chi connectivity index (χ3n) is 4.32. The van der Waals surface area contributed by atoms with E-state index in [9.17, 15) is 13.2 Å². The molecule has 156 valence electrons. The Morgan fingerprint density at radius 2 is 1.63 bits per heavy atom. The highest BCUT2D eigenvalue weighted by molar-refractivity contribution is 5.81. The van der Waals surface area contributed by atoms with Gasteiger partial charge in [-0.05, 0) is 60.5 Å². The predicted molar refractivity (Wildman–Crippen MR) is 111 cm³/mol. The van der Waals surface area contributed by atoms with Crippen molar-refractivity contribution >= 4 is 11.9 Å². The first kappa shape index (κ1) is 21.2. The number of halogens is 3. The van der Waals surface area contributed by atoms with Crippen molar-refractivity contribution in [3.05, 3.63) is 89.0 Å². The van der Waals surface area contributed by atoms with E-state index < -0.39 is 11.7 Å². The van der Waals surface area contributed by atoms with Gasteiger partial charge in [0.15, 0.2) is 11.5 Å². The summed E-state index contributed by atoms with van der Waals surface area (Å²) in [4.78, 5) is 0. The van der Waals surface area contributed by atoms with E-state index in [1.165, 1.54) is 17.7 Å². The summed E-state index contributed by atoms with van der Waals surface area (Å²) in [6.07, 6.45) is -2.81. The van der Waals surface area contributed by atoms with Crippen molar-refractivity contribution in [3.63, 3.8) is 0 Å². The number of alkyl halides is 3. The van der Waals surface area contributed by atoms with Crippen LogP contribution in [-0.2, 0) is 12.8 Å². The Kier molecular flexibility index (Phi) is 6.61. The zero-order valence-corrected chi connectivity index (χ0v) is 16.5. The molecule has 0 unspecified atom stereocenters. The van der Waals surface area contributed by atoms with Crippen molar-refractivity contribution in [2.75, 3.05) is 12.5 Å². The first-order valence-electron chi connectivity index (χ1n) is 9.18. The molecule has 0 bridgehead atoms. The van der Waals surface area contributed by atoms with Gasteiger partial charge in [0, 0.05) is 0 Å². The summed E-state index contributed by atoms with van der Waals surface area (Å²) < 4.78 is 49.1. The number of hydrogen-bond acceptors (Lipinski definition) is 4. The lowest BCUT2D eigenvalue weighted by molar-refractivity contribution is -0.137. The fourth-order valence-electron chi connectivity index (χ4n) is 2.65. The van der Waals surface area contributed by atoms with Crippen LogP contribution in [0.4, 0.5) is 18.9 Å². The molecule has 30 heavy (non-hydrogen) atoms. The molecule has 0 aliphatic heterocycles.